The first kappa shape index (κ1) is 13.9. The van der Waals surface area contributed by atoms with E-state index in [2.05, 4.69) is 38.7 Å². The Bertz CT molecular complexity index is 491. The van der Waals surface area contributed by atoms with E-state index in [9.17, 15) is 4.39 Å². The van der Waals surface area contributed by atoms with Gasteiger partial charge in [-0.25, -0.2) is 4.39 Å². The molecule has 3 rings (SSSR count). The molecule has 1 aliphatic heterocycles. The SMILES string of the molecule is CCCc1ccc(N2CC3C(C2)C3C(C)(C)C)cc1F. The van der Waals surface area contributed by atoms with Gasteiger partial charge < -0.3 is 4.90 Å². The van der Waals surface area contributed by atoms with E-state index in [1.54, 1.807) is 6.07 Å². The molecule has 1 aromatic rings. The Morgan fingerprint density at radius 1 is 1.20 bits per heavy atom. The van der Waals surface area contributed by atoms with Crippen LogP contribution in [0, 0.1) is 29.0 Å². The van der Waals surface area contributed by atoms with Crippen LogP contribution in [0.4, 0.5) is 10.1 Å². The Labute approximate surface area is 122 Å². The first-order valence-corrected chi connectivity index (χ1v) is 7.95. The van der Waals surface area contributed by atoms with E-state index < -0.39 is 0 Å². The predicted octanol–water partition coefficient (Wildman–Crippen LogP) is 4.51. The van der Waals surface area contributed by atoms with E-state index >= 15 is 0 Å². The fourth-order valence-corrected chi connectivity index (χ4v) is 4.23. The molecule has 2 unspecified atom stereocenters. The van der Waals surface area contributed by atoms with E-state index in [-0.39, 0.29) is 5.82 Å². The highest BCUT2D eigenvalue weighted by Gasteiger charge is 2.59. The fourth-order valence-electron chi connectivity index (χ4n) is 4.23. The van der Waals surface area contributed by atoms with Crippen LogP contribution in [0.1, 0.15) is 39.7 Å². The molecule has 110 valence electrons. The number of hydrogen-bond acceptors (Lipinski definition) is 1. The molecule has 0 aromatic heterocycles. The summed E-state index contributed by atoms with van der Waals surface area (Å²) in [6, 6.07) is 5.81. The third-order valence-corrected chi connectivity index (χ3v) is 5.12. The molecule has 2 heteroatoms. The van der Waals surface area contributed by atoms with Gasteiger partial charge in [0.2, 0.25) is 0 Å². The van der Waals surface area contributed by atoms with Gasteiger partial charge >= 0.3 is 0 Å². The number of benzene rings is 1. The number of hydrogen-bond donors (Lipinski definition) is 0. The zero-order valence-electron chi connectivity index (χ0n) is 13.1. The summed E-state index contributed by atoms with van der Waals surface area (Å²) in [6.07, 6.45) is 1.83. The van der Waals surface area contributed by atoms with Crippen molar-refractivity contribution in [2.75, 3.05) is 18.0 Å². The van der Waals surface area contributed by atoms with Gasteiger partial charge in [-0.1, -0.05) is 40.2 Å². The Morgan fingerprint density at radius 2 is 1.85 bits per heavy atom. The third-order valence-electron chi connectivity index (χ3n) is 5.12. The van der Waals surface area contributed by atoms with Crippen LogP contribution in [0.2, 0.25) is 0 Å². The zero-order valence-corrected chi connectivity index (χ0v) is 13.1. The fraction of sp³-hybridized carbons (Fsp3) is 0.667. The Balaban J connectivity index is 1.67. The Morgan fingerprint density at radius 3 is 2.35 bits per heavy atom. The zero-order chi connectivity index (χ0) is 14.5. The van der Waals surface area contributed by atoms with Crippen LogP contribution >= 0.6 is 0 Å². The molecule has 0 amide bonds. The van der Waals surface area contributed by atoms with E-state index in [4.69, 9.17) is 0 Å². The molecule has 20 heavy (non-hydrogen) atoms. The highest BCUT2D eigenvalue weighted by atomic mass is 19.1. The van der Waals surface area contributed by atoms with Crippen molar-refractivity contribution in [2.24, 2.45) is 23.2 Å². The predicted molar refractivity (Wildman–Crippen MR) is 82.5 cm³/mol. The van der Waals surface area contributed by atoms with E-state index in [0.717, 1.165) is 54.9 Å². The molecule has 1 saturated carbocycles. The number of piperidine rings is 1. The van der Waals surface area contributed by atoms with Crippen molar-refractivity contribution < 1.29 is 4.39 Å². The topological polar surface area (TPSA) is 3.24 Å². The molecule has 1 heterocycles. The van der Waals surface area contributed by atoms with Gasteiger partial charge in [0.1, 0.15) is 5.82 Å². The number of anilines is 1. The molecule has 2 atom stereocenters. The van der Waals surface area contributed by atoms with Crippen molar-refractivity contribution in [1.29, 1.82) is 0 Å². The summed E-state index contributed by atoms with van der Waals surface area (Å²) in [5.41, 5.74) is 2.35. The third kappa shape index (κ3) is 2.34. The molecule has 0 bridgehead atoms. The van der Waals surface area contributed by atoms with Gasteiger partial charge in [0.15, 0.2) is 0 Å². The van der Waals surface area contributed by atoms with Crippen LogP contribution in [-0.4, -0.2) is 13.1 Å². The summed E-state index contributed by atoms with van der Waals surface area (Å²) >= 11 is 0. The monoisotopic (exact) mass is 275 g/mol. The summed E-state index contributed by atoms with van der Waals surface area (Å²) in [5, 5.41) is 0. The van der Waals surface area contributed by atoms with Crippen molar-refractivity contribution in [2.45, 2.75) is 40.5 Å². The molecular formula is C18H26FN. The first-order valence-electron chi connectivity index (χ1n) is 7.95. The van der Waals surface area contributed by atoms with Gasteiger partial charge in [0.05, 0.1) is 0 Å². The van der Waals surface area contributed by atoms with E-state index in [1.807, 2.05) is 6.07 Å². The number of halogens is 1. The lowest BCUT2D eigenvalue weighted by molar-refractivity contribution is 0.309. The average molecular weight is 275 g/mol. The average Bonchev–Trinajstić information content (AvgIpc) is 2.90. The van der Waals surface area contributed by atoms with Gasteiger partial charge in [-0.05, 0) is 47.3 Å². The van der Waals surface area contributed by atoms with Crippen LogP contribution in [0.25, 0.3) is 0 Å². The van der Waals surface area contributed by atoms with Gasteiger partial charge in [0.25, 0.3) is 0 Å². The molecule has 1 aliphatic carbocycles. The lowest BCUT2D eigenvalue weighted by Gasteiger charge is -2.27. The maximum Gasteiger partial charge on any atom is 0.128 e. The second-order valence-corrected chi connectivity index (χ2v) is 7.65. The van der Waals surface area contributed by atoms with Crippen LogP contribution in [-0.2, 0) is 6.42 Å². The van der Waals surface area contributed by atoms with Crippen LogP contribution in [0.5, 0.6) is 0 Å². The number of aryl methyl sites for hydroxylation is 1. The maximum absolute atomic E-state index is 14.0. The van der Waals surface area contributed by atoms with Gasteiger partial charge in [-0.15, -0.1) is 0 Å². The molecule has 0 radical (unpaired) electrons. The van der Waals surface area contributed by atoms with E-state index in [0.29, 0.717) is 5.41 Å². The Kier molecular flexibility index (Phi) is 3.30. The Hall–Kier alpha value is -1.05. The summed E-state index contributed by atoms with van der Waals surface area (Å²) < 4.78 is 14.0. The standard InChI is InChI=1S/C18H26FN/c1-5-6-12-7-8-13(9-16(12)19)20-10-14-15(11-20)17(14)18(2,3)4/h7-9,14-15,17H,5-6,10-11H2,1-4H3. The van der Waals surface area contributed by atoms with Gasteiger partial charge in [-0.2, -0.15) is 0 Å². The number of rotatable bonds is 3. The van der Waals surface area contributed by atoms with Crippen molar-refractivity contribution in [1.82, 2.24) is 0 Å². The first-order chi connectivity index (χ1) is 9.41. The minimum atomic E-state index is -0.0303. The second-order valence-electron chi connectivity index (χ2n) is 7.65. The maximum atomic E-state index is 14.0. The smallest absolute Gasteiger partial charge is 0.128 e. The summed E-state index contributed by atoms with van der Waals surface area (Å²) in [5.74, 6) is 2.49. The van der Waals surface area contributed by atoms with Gasteiger partial charge in [-0.3, -0.25) is 0 Å². The minimum absolute atomic E-state index is 0.0303. The molecule has 2 aliphatic rings. The van der Waals surface area contributed by atoms with Crippen LogP contribution in [0.3, 0.4) is 0 Å². The molecule has 1 saturated heterocycles. The highest BCUT2D eigenvalue weighted by molar-refractivity contribution is 5.50. The molecular weight excluding hydrogens is 249 g/mol. The largest absolute Gasteiger partial charge is 0.371 e. The van der Waals surface area contributed by atoms with Crippen molar-refractivity contribution in [3.05, 3.63) is 29.6 Å². The number of nitrogens with zero attached hydrogens (tertiary/aromatic N) is 1. The molecule has 0 N–H and O–H groups in total. The summed E-state index contributed by atoms with van der Waals surface area (Å²) in [7, 11) is 0. The van der Waals surface area contributed by atoms with E-state index in [1.165, 1.54) is 0 Å². The van der Waals surface area contributed by atoms with Crippen molar-refractivity contribution in [3.63, 3.8) is 0 Å². The lowest BCUT2D eigenvalue weighted by atomic mass is 9.87. The molecule has 2 fully saturated rings. The van der Waals surface area contributed by atoms with Crippen molar-refractivity contribution >= 4 is 5.69 Å². The summed E-state index contributed by atoms with van der Waals surface area (Å²) in [6.45, 7) is 11.4. The van der Waals surface area contributed by atoms with Gasteiger partial charge in [0, 0.05) is 18.8 Å². The van der Waals surface area contributed by atoms with Crippen LogP contribution in [0.15, 0.2) is 18.2 Å². The van der Waals surface area contributed by atoms with Crippen LogP contribution < -0.4 is 4.90 Å². The lowest BCUT2D eigenvalue weighted by Crippen LogP contribution is -2.27. The number of fused-ring (bicyclic) bond motifs is 1. The quantitative estimate of drug-likeness (QED) is 0.784. The summed E-state index contributed by atoms with van der Waals surface area (Å²) in [4.78, 5) is 2.37. The minimum Gasteiger partial charge on any atom is -0.371 e. The molecule has 0 spiro atoms. The van der Waals surface area contributed by atoms with Crippen molar-refractivity contribution in [3.8, 4) is 0 Å². The highest BCUT2D eigenvalue weighted by Crippen LogP contribution is 2.60. The molecule has 1 aromatic carbocycles. The molecule has 1 nitrogen and oxygen atoms in total. The normalized spacial score (nSPS) is 28.6. The second kappa shape index (κ2) is 4.75.